The molecule has 2 aromatic rings. The normalized spacial score (nSPS) is 14.0. The molecule has 0 radical (unpaired) electrons. The molecule has 0 fully saturated rings. The van der Waals surface area contributed by atoms with Gasteiger partial charge in [0.05, 0.1) is 11.5 Å². The van der Waals surface area contributed by atoms with Gasteiger partial charge in [-0.3, -0.25) is 0 Å². The monoisotopic (exact) mass is 227 g/mol. The van der Waals surface area contributed by atoms with E-state index in [-0.39, 0.29) is 0 Å². The maximum Gasteiger partial charge on any atom is 0.0926 e. The van der Waals surface area contributed by atoms with Crippen LogP contribution in [0.2, 0.25) is 0 Å². The van der Waals surface area contributed by atoms with Gasteiger partial charge in [0.2, 0.25) is 0 Å². The second-order valence-electron chi connectivity index (χ2n) is 4.08. The van der Waals surface area contributed by atoms with Crippen molar-refractivity contribution in [3.63, 3.8) is 0 Å². The zero-order valence-electron chi connectivity index (χ0n) is 9.18. The first kappa shape index (κ1) is 10.9. The summed E-state index contributed by atoms with van der Waals surface area (Å²) >= 11 is 1.65. The third-order valence-electron chi connectivity index (χ3n) is 2.71. The van der Waals surface area contributed by atoms with Gasteiger partial charge in [0.25, 0.3) is 0 Å². The molecule has 1 aromatic carbocycles. The Balaban J connectivity index is 2.28. The molecule has 0 saturated heterocycles. The van der Waals surface area contributed by atoms with Crippen molar-refractivity contribution in [1.29, 1.82) is 5.26 Å². The minimum atomic E-state index is -0.407. The number of nitriles is 1. The summed E-state index contributed by atoms with van der Waals surface area (Å²) in [5.74, 6) is 0. The maximum absolute atomic E-state index is 9.38. The molecule has 80 valence electrons. The summed E-state index contributed by atoms with van der Waals surface area (Å²) in [6, 6.07) is 16.7. The number of rotatable bonds is 3. The highest BCUT2D eigenvalue weighted by Crippen LogP contribution is 2.30. The van der Waals surface area contributed by atoms with Gasteiger partial charge in [0.1, 0.15) is 0 Å². The fourth-order valence-electron chi connectivity index (χ4n) is 1.78. The minimum absolute atomic E-state index is 0.407. The van der Waals surface area contributed by atoms with Crippen molar-refractivity contribution >= 4 is 11.3 Å². The standard InChI is InChI=1S/C14H13NS/c1-14(11-15,13-8-5-9-16-13)10-12-6-3-2-4-7-12/h2-9H,10H2,1H3. The molecule has 0 saturated carbocycles. The maximum atomic E-state index is 9.38. The molecule has 0 N–H and O–H groups in total. The largest absolute Gasteiger partial charge is 0.197 e. The molecule has 2 heteroatoms. The molecule has 1 aromatic heterocycles. The van der Waals surface area contributed by atoms with Crippen LogP contribution in [0.15, 0.2) is 47.8 Å². The number of nitrogens with zero attached hydrogens (tertiary/aromatic N) is 1. The van der Waals surface area contributed by atoms with Crippen molar-refractivity contribution in [1.82, 2.24) is 0 Å². The Morgan fingerprint density at radius 2 is 1.94 bits per heavy atom. The van der Waals surface area contributed by atoms with Crippen LogP contribution < -0.4 is 0 Å². The van der Waals surface area contributed by atoms with E-state index in [9.17, 15) is 5.26 Å². The molecule has 0 amide bonds. The predicted octanol–water partition coefficient (Wildman–Crippen LogP) is 3.77. The molecular formula is C14H13NS. The first-order chi connectivity index (χ1) is 7.74. The number of hydrogen-bond donors (Lipinski definition) is 0. The van der Waals surface area contributed by atoms with Gasteiger partial charge in [0, 0.05) is 4.88 Å². The van der Waals surface area contributed by atoms with Gasteiger partial charge in [-0.25, -0.2) is 0 Å². The van der Waals surface area contributed by atoms with Gasteiger partial charge >= 0.3 is 0 Å². The highest BCUT2D eigenvalue weighted by Gasteiger charge is 2.27. The SMILES string of the molecule is CC(C#N)(Cc1ccccc1)c1cccs1. The van der Waals surface area contributed by atoms with Gasteiger partial charge in [-0.2, -0.15) is 5.26 Å². The summed E-state index contributed by atoms with van der Waals surface area (Å²) in [4.78, 5) is 1.14. The third-order valence-corrected chi connectivity index (χ3v) is 3.85. The summed E-state index contributed by atoms with van der Waals surface area (Å²) in [6.07, 6.45) is 0.769. The number of benzene rings is 1. The lowest BCUT2D eigenvalue weighted by molar-refractivity contribution is 0.619. The molecular weight excluding hydrogens is 214 g/mol. The van der Waals surface area contributed by atoms with Crippen LogP contribution in [0.1, 0.15) is 17.4 Å². The van der Waals surface area contributed by atoms with Crippen LogP contribution in [0, 0.1) is 11.3 Å². The second-order valence-corrected chi connectivity index (χ2v) is 5.03. The van der Waals surface area contributed by atoms with E-state index < -0.39 is 5.41 Å². The van der Waals surface area contributed by atoms with E-state index in [0.717, 1.165) is 11.3 Å². The quantitative estimate of drug-likeness (QED) is 0.783. The Morgan fingerprint density at radius 1 is 1.19 bits per heavy atom. The first-order valence-electron chi connectivity index (χ1n) is 5.24. The van der Waals surface area contributed by atoms with Crippen molar-refractivity contribution in [3.05, 3.63) is 58.3 Å². The molecule has 0 aliphatic rings. The Labute approximate surface area is 100.0 Å². The molecule has 0 spiro atoms. The summed E-state index contributed by atoms with van der Waals surface area (Å²) < 4.78 is 0. The molecule has 0 aliphatic heterocycles. The fourth-order valence-corrected chi connectivity index (χ4v) is 2.62. The average Bonchev–Trinajstić information content (AvgIpc) is 2.84. The highest BCUT2D eigenvalue weighted by atomic mass is 32.1. The van der Waals surface area contributed by atoms with E-state index in [1.54, 1.807) is 11.3 Å². The van der Waals surface area contributed by atoms with E-state index in [1.165, 1.54) is 5.56 Å². The van der Waals surface area contributed by atoms with E-state index in [4.69, 9.17) is 0 Å². The van der Waals surface area contributed by atoms with Crippen LogP contribution in [0.5, 0.6) is 0 Å². The summed E-state index contributed by atoms with van der Waals surface area (Å²) in [7, 11) is 0. The summed E-state index contributed by atoms with van der Waals surface area (Å²) in [5.41, 5.74) is 0.801. The minimum Gasteiger partial charge on any atom is -0.197 e. The molecule has 2 rings (SSSR count). The lowest BCUT2D eigenvalue weighted by atomic mass is 9.84. The molecule has 0 bridgehead atoms. The Morgan fingerprint density at radius 3 is 2.50 bits per heavy atom. The van der Waals surface area contributed by atoms with Gasteiger partial charge in [-0.15, -0.1) is 11.3 Å². The second kappa shape index (κ2) is 4.51. The van der Waals surface area contributed by atoms with Gasteiger partial charge in [-0.1, -0.05) is 36.4 Å². The lowest BCUT2D eigenvalue weighted by Crippen LogP contribution is -2.21. The number of hydrogen-bond acceptors (Lipinski definition) is 2. The van der Waals surface area contributed by atoms with Crippen LogP contribution in [-0.4, -0.2) is 0 Å². The predicted molar refractivity (Wildman–Crippen MR) is 67.4 cm³/mol. The van der Waals surface area contributed by atoms with Crippen LogP contribution in [0.4, 0.5) is 0 Å². The van der Waals surface area contributed by atoms with Crippen LogP contribution >= 0.6 is 11.3 Å². The summed E-state index contributed by atoms with van der Waals surface area (Å²) in [6.45, 7) is 2.01. The van der Waals surface area contributed by atoms with Crippen LogP contribution in [0.25, 0.3) is 0 Å². The lowest BCUT2D eigenvalue weighted by Gasteiger charge is -2.19. The zero-order chi connectivity index (χ0) is 11.4. The van der Waals surface area contributed by atoms with Gasteiger partial charge in [-0.05, 0) is 30.4 Å². The van der Waals surface area contributed by atoms with Gasteiger partial charge in [0.15, 0.2) is 0 Å². The van der Waals surface area contributed by atoms with Crippen molar-refractivity contribution in [2.75, 3.05) is 0 Å². The van der Waals surface area contributed by atoms with Crippen LogP contribution in [0.3, 0.4) is 0 Å². The van der Waals surface area contributed by atoms with Crippen molar-refractivity contribution < 1.29 is 0 Å². The molecule has 1 atom stereocenters. The van der Waals surface area contributed by atoms with Crippen molar-refractivity contribution in [2.45, 2.75) is 18.8 Å². The number of thiophene rings is 1. The Kier molecular flexibility index (Phi) is 3.07. The average molecular weight is 227 g/mol. The van der Waals surface area contributed by atoms with Crippen molar-refractivity contribution in [3.8, 4) is 6.07 Å². The fraction of sp³-hybridized carbons (Fsp3) is 0.214. The molecule has 16 heavy (non-hydrogen) atoms. The van der Waals surface area contributed by atoms with E-state index in [2.05, 4.69) is 18.2 Å². The molecule has 1 heterocycles. The van der Waals surface area contributed by atoms with Gasteiger partial charge < -0.3 is 0 Å². The Bertz CT molecular complexity index is 481. The highest BCUT2D eigenvalue weighted by molar-refractivity contribution is 7.10. The molecule has 1 nitrogen and oxygen atoms in total. The van der Waals surface area contributed by atoms with E-state index >= 15 is 0 Å². The van der Waals surface area contributed by atoms with Crippen molar-refractivity contribution in [2.24, 2.45) is 0 Å². The molecule has 0 aliphatic carbocycles. The topological polar surface area (TPSA) is 23.8 Å². The summed E-state index contributed by atoms with van der Waals surface area (Å²) in [5, 5.41) is 11.4. The first-order valence-corrected chi connectivity index (χ1v) is 6.12. The van der Waals surface area contributed by atoms with E-state index in [1.807, 2.05) is 42.6 Å². The Hall–Kier alpha value is -1.59. The van der Waals surface area contributed by atoms with Crippen LogP contribution in [-0.2, 0) is 11.8 Å². The third kappa shape index (κ3) is 2.15. The zero-order valence-corrected chi connectivity index (χ0v) is 10.00. The van der Waals surface area contributed by atoms with E-state index in [0.29, 0.717) is 0 Å². The molecule has 1 unspecified atom stereocenters. The smallest absolute Gasteiger partial charge is 0.0926 e.